The minimum atomic E-state index is -0.667. The fraction of sp³-hybridized carbons (Fsp3) is 0.897. The van der Waals surface area contributed by atoms with Crippen molar-refractivity contribution in [2.45, 2.75) is 105 Å². The third-order valence-electron chi connectivity index (χ3n) is 10.8. The quantitative estimate of drug-likeness (QED) is 0.319. The first-order valence-electron chi connectivity index (χ1n) is 13.9. The summed E-state index contributed by atoms with van der Waals surface area (Å²) in [6.45, 7) is 12.4. The molecule has 0 amide bonds. The van der Waals surface area contributed by atoms with Crippen LogP contribution in [0.4, 0.5) is 4.79 Å². The van der Waals surface area contributed by atoms with E-state index < -0.39 is 11.8 Å². The van der Waals surface area contributed by atoms with E-state index in [0.29, 0.717) is 23.5 Å². The number of ether oxygens (including phenoxy) is 3. The maximum atomic E-state index is 12.4. The number of carbonyl (C=O) groups excluding carboxylic acids is 3. The molecule has 0 N–H and O–H groups in total. The zero-order valence-electron chi connectivity index (χ0n) is 22.7. The fourth-order valence-electron chi connectivity index (χ4n) is 8.84. The second-order valence-corrected chi connectivity index (χ2v) is 13.1. The summed E-state index contributed by atoms with van der Waals surface area (Å²) in [5, 5.41) is 0. The molecule has 0 bridgehead atoms. The van der Waals surface area contributed by atoms with Crippen molar-refractivity contribution in [1.29, 1.82) is 0 Å². The minimum absolute atomic E-state index is 0.0136. The van der Waals surface area contributed by atoms with Crippen LogP contribution in [0, 0.1) is 46.3 Å². The Morgan fingerprint density at radius 2 is 1.51 bits per heavy atom. The lowest BCUT2D eigenvalue weighted by Crippen LogP contribution is -2.56. The van der Waals surface area contributed by atoms with Crippen LogP contribution in [0.2, 0.25) is 0 Å². The van der Waals surface area contributed by atoms with Crippen LogP contribution in [-0.4, -0.2) is 36.7 Å². The second-order valence-electron chi connectivity index (χ2n) is 13.1. The molecule has 4 saturated carbocycles. The molecule has 4 rings (SSSR count). The van der Waals surface area contributed by atoms with Crippen LogP contribution in [-0.2, 0) is 23.8 Å². The number of rotatable bonds is 6. The van der Waals surface area contributed by atoms with Gasteiger partial charge < -0.3 is 14.2 Å². The number of ketones is 1. The van der Waals surface area contributed by atoms with Gasteiger partial charge in [-0.25, -0.2) is 4.79 Å². The molecule has 0 aromatic carbocycles. The highest BCUT2D eigenvalue weighted by Gasteiger charge is 2.61. The third-order valence-corrected chi connectivity index (χ3v) is 10.8. The fourth-order valence-corrected chi connectivity index (χ4v) is 8.84. The zero-order chi connectivity index (χ0) is 25.6. The molecule has 198 valence electrons. The van der Waals surface area contributed by atoms with E-state index in [2.05, 4.69) is 13.8 Å². The Balaban J connectivity index is 1.34. The summed E-state index contributed by atoms with van der Waals surface area (Å²) in [6, 6.07) is 0. The first-order chi connectivity index (χ1) is 16.4. The van der Waals surface area contributed by atoms with Crippen molar-refractivity contribution in [3.8, 4) is 0 Å². The molecular weight excluding hydrogens is 444 g/mol. The molecule has 4 aliphatic carbocycles. The molecule has 6 heteroatoms. The number of esters is 1. The zero-order valence-corrected chi connectivity index (χ0v) is 22.7. The normalized spacial score (nSPS) is 42.4. The average Bonchev–Trinajstić information content (AvgIpc) is 3.14. The molecule has 35 heavy (non-hydrogen) atoms. The van der Waals surface area contributed by atoms with E-state index in [4.69, 9.17) is 14.2 Å². The van der Waals surface area contributed by atoms with E-state index >= 15 is 0 Å². The highest BCUT2D eigenvalue weighted by molar-refractivity contribution is 5.79. The minimum Gasteiger partial charge on any atom is -0.462 e. The molecule has 4 aliphatic rings. The summed E-state index contributed by atoms with van der Waals surface area (Å²) in [6.07, 6.45) is 9.21. The van der Waals surface area contributed by atoms with Crippen LogP contribution >= 0.6 is 0 Å². The Kier molecular flexibility index (Phi) is 7.34. The monoisotopic (exact) mass is 490 g/mol. The first-order valence-corrected chi connectivity index (χ1v) is 13.9. The average molecular weight is 491 g/mol. The Bertz CT molecular complexity index is 837. The molecule has 0 aromatic rings. The smallest absolute Gasteiger partial charge is 0.462 e. The molecule has 0 aliphatic heterocycles. The molecule has 4 fully saturated rings. The number of Topliss-reactive ketones (excluding diaryl/α,β-unsaturated/α-hetero) is 1. The Hall–Kier alpha value is -1.59. The van der Waals surface area contributed by atoms with E-state index in [1.165, 1.54) is 32.1 Å². The topological polar surface area (TPSA) is 78.9 Å². The molecule has 0 spiro atoms. The van der Waals surface area contributed by atoms with E-state index in [1.807, 2.05) is 6.92 Å². The van der Waals surface area contributed by atoms with Crippen LogP contribution in [0.1, 0.15) is 99.3 Å². The van der Waals surface area contributed by atoms with Gasteiger partial charge in [0.25, 0.3) is 0 Å². The molecule has 0 unspecified atom stereocenters. The van der Waals surface area contributed by atoms with Crippen LogP contribution in [0.5, 0.6) is 0 Å². The molecule has 0 saturated heterocycles. The summed E-state index contributed by atoms with van der Waals surface area (Å²) < 4.78 is 16.1. The van der Waals surface area contributed by atoms with E-state index in [9.17, 15) is 14.4 Å². The molecule has 8 atom stereocenters. The van der Waals surface area contributed by atoms with Crippen LogP contribution in [0.25, 0.3) is 0 Å². The van der Waals surface area contributed by atoms with Crippen molar-refractivity contribution in [3.05, 3.63) is 0 Å². The molecular formula is C29H46O6. The van der Waals surface area contributed by atoms with Crippen LogP contribution in [0.3, 0.4) is 0 Å². The summed E-state index contributed by atoms with van der Waals surface area (Å²) in [4.78, 5) is 36.3. The van der Waals surface area contributed by atoms with Crippen LogP contribution < -0.4 is 0 Å². The predicted octanol–water partition coefficient (Wildman–Crippen LogP) is 6.35. The summed E-state index contributed by atoms with van der Waals surface area (Å²) in [5.74, 6) is 2.79. The van der Waals surface area contributed by atoms with Gasteiger partial charge in [0.2, 0.25) is 0 Å². The highest BCUT2D eigenvalue weighted by Crippen LogP contribution is 2.68. The van der Waals surface area contributed by atoms with Crippen LogP contribution in [0.15, 0.2) is 0 Å². The van der Waals surface area contributed by atoms with Crippen molar-refractivity contribution in [1.82, 2.24) is 0 Å². The maximum Gasteiger partial charge on any atom is 0.508 e. The molecule has 6 nitrogen and oxygen atoms in total. The Morgan fingerprint density at radius 1 is 0.829 bits per heavy atom. The number of fused-ring (bicyclic) bond motifs is 5. The van der Waals surface area contributed by atoms with Gasteiger partial charge in [0.05, 0.1) is 5.92 Å². The van der Waals surface area contributed by atoms with Gasteiger partial charge in [-0.2, -0.15) is 0 Å². The maximum absolute atomic E-state index is 12.4. The SMILES string of the molecule is CC(=O)[C@H]1CC[C@H]2[C@@H]3CC[C@H]4C[C@](C)(OC(=O)OCCOC(=O)C(C)C)CC[C@]4(C)[C@H]3CC[C@]12C. The van der Waals surface area contributed by atoms with Gasteiger partial charge in [-0.05, 0) is 106 Å². The van der Waals surface area contributed by atoms with Crippen molar-refractivity contribution in [2.75, 3.05) is 13.2 Å². The first kappa shape index (κ1) is 26.5. The van der Waals surface area contributed by atoms with Gasteiger partial charge in [-0.15, -0.1) is 0 Å². The van der Waals surface area contributed by atoms with Gasteiger partial charge in [-0.3, -0.25) is 9.59 Å². The summed E-state index contributed by atoms with van der Waals surface area (Å²) in [7, 11) is 0. The second kappa shape index (κ2) is 9.70. The lowest BCUT2D eigenvalue weighted by Gasteiger charge is -2.62. The lowest BCUT2D eigenvalue weighted by atomic mass is 9.44. The Labute approximate surface area is 211 Å². The van der Waals surface area contributed by atoms with Gasteiger partial charge in [0.15, 0.2) is 0 Å². The number of hydrogen-bond donors (Lipinski definition) is 0. The van der Waals surface area contributed by atoms with Crippen molar-refractivity contribution < 1.29 is 28.6 Å². The number of carbonyl (C=O) groups is 3. The largest absolute Gasteiger partial charge is 0.508 e. The van der Waals surface area contributed by atoms with Crippen molar-refractivity contribution in [3.63, 3.8) is 0 Å². The summed E-state index contributed by atoms with van der Waals surface area (Å²) in [5.41, 5.74) is -0.0505. The Morgan fingerprint density at radius 3 is 2.20 bits per heavy atom. The standard InChI is InChI=1S/C29H46O6/c1-18(2)25(31)33-15-16-34-26(32)35-27(4)13-14-28(5)20(17-27)7-8-21-23-10-9-22(19(3)30)29(23,6)12-11-24(21)28/h18,20-24H,7-17H2,1-6H3/t20-,21-,22+,23-,24-,27+,28-,29+/m0/s1. The van der Waals surface area contributed by atoms with E-state index in [0.717, 1.165) is 31.6 Å². The highest BCUT2D eigenvalue weighted by atomic mass is 16.7. The molecule has 0 radical (unpaired) electrons. The van der Waals surface area contributed by atoms with Gasteiger partial charge in [0.1, 0.15) is 24.6 Å². The lowest BCUT2D eigenvalue weighted by molar-refractivity contribution is -0.156. The number of hydrogen-bond acceptors (Lipinski definition) is 6. The van der Waals surface area contributed by atoms with Gasteiger partial charge in [0, 0.05) is 5.92 Å². The molecule has 0 aromatic heterocycles. The molecule has 0 heterocycles. The van der Waals surface area contributed by atoms with Gasteiger partial charge in [-0.1, -0.05) is 27.7 Å². The van der Waals surface area contributed by atoms with Gasteiger partial charge >= 0.3 is 12.1 Å². The predicted molar refractivity (Wildman–Crippen MR) is 133 cm³/mol. The summed E-state index contributed by atoms with van der Waals surface area (Å²) >= 11 is 0. The van der Waals surface area contributed by atoms with Crippen molar-refractivity contribution in [2.24, 2.45) is 46.3 Å². The third kappa shape index (κ3) is 4.87. The van der Waals surface area contributed by atoms with E-state index in [-0.39, 0.29) is 41.8 Å². The van der Waals surface area contributed by atoms with Crippen molar-refractivity contribution >= 4 is 17.9 Å². The van der Waals surface area contributed by atoms with E-state index in [1.54, 1.807) is 20.8 Å².